The van der Waals surface area contributed by atoms with Gasteiger partial charge in [-0.05, 0) is 26.1 Å². The topological polar surface area (TPSA) is 38.7 Å². The molecule has 0 saturated carbocycles. The van der Waals surface area contributed by atoms with Crippen LogP contribution in [0.1, 0.15) is 20.3 Å². The molecule has 0 fully saturated rings. The summed E-state index contributed by atoms with van der Waals surface area (Å²) in [7, 11) is 0. The predicted octanol–water partition coefficient (Wildman–Crippen LogP) is 1.43. The molecule has 0 N–H and O–H groups in total. The number of isothiocyanates is 1. The van der Waals surface area contributed by atoms with E-state index in [-0.39, 0.29) is 18.4 Å². The molecule has 0 radical (unpaired) electrons. The lowest BCUT2D eigenvalue weighted by Gasteiger charge is -2.02. The normalized spacial score (nSPS) is 11.5. The maximum Gasteiger partial charge on any atom is 0.307 e. The third kappa shape index (κ3) is 5.70. The molecule has 4 heteroatoms. The molecule has 0 aliphatic rings. The van der Waals surface area contributed by atoms with Gasteiger partial charge in [0.25, 0.3) is 0 Å². The molecule has 0 bridgehead atoms. The van der Waals surface area contributed by atoms with Crippen molar-refractivity contribution in [2.24, 2.45) is 4.99 Å². The Hall–Kier alpha value is -0.730. The highest BCUT2D eigenvalue weighted by Crippen LogP contribution is 1.97. The Morgan fingerprint density at radius 3 is 2.91 bits per heavy atom. The Labute approximate surface area is 71.5 Å². The minimum absolute atomic E-state index is 0.119. The number of nitrogens with zero attached hydrogens (tertiary/aromatic N) is 1. The Morgan fingerprint density at radius 1 is 1.82 bits per heavy atom. The minimum atomic E-state index is -0.242. The van der Waals surface area contributed by atoms with E-state index in [0.29, 0.717) is 6.61 Å². The maximum absolute atomic E-state index is 10.8. The van der Waals surface area contributed by atoms with E-state index in [1.165, 1.54) is 0 Å². The standard InChI is InChI=1S/C7H11NO2S/c1-3-10-7(9)4-6(2)8-5-11/h6H,3-4H2,1-2H3/t6-/m1/s1. The molecule has 0 spiro atoms. The second-order valence-electron chi connectivity index (χ2n) is 2.08. The van der Waals surface area contributed by atoms with Crippen LogP contribution in [0.3, 0.4) is 0 Å². The van der Waals surface area contributed by atoms with Crippen LogP contribution >= 0.6 is 12.2 Å². The fourth-order valence-corrected chi connectivity index (χ4v) is 0.777. The smallest absolute Gasteiger partial charge is 0.307 e. The molecule has 0 aromatic rings. The first-order valence-corrected chi connectivity index (χ1v) is 3.84. The first-order valence-electron chi connectivity index (χ1n) is 3.43. The van der Waals surface area contributed by atoms with Crippen LogP contribution in [0.2, 0.25) is 0 Å². The second kappa shape index (κ2) is 6.01. The van der Waals surface area contributed by atoms with Gasteiger partial charge in [0.05, 0.1) is 24.2 Å². The summed E-state index contributed by atoms with van der Waals surface area (Å²) >= 11 is 4.38. The molecule has 0 aromatic heterocycles. The molecule has 0 rings (SSSR count). The van der Waals surface area contributed by atoms with Crippen molar-refractivity contribution in [1.29, 1.82) is 0 Å². The van der Waals surface area contributed by atoms with Crippen LogP contribution in [0.25, 0.3) is 0 Å². The monoisotopic (exact) mass is 173 g/mol. The molecule has 62 valence electrons. The molecule has 0 unspecified atom stereocenters. The van der Waals surface area contributed by atoms with Gasteiger partial charge in [-0.25, -0.2) is 4.99 Å². The summed E-state index contributed by atoms with van der Waals surface area (Å²) in [6, 6.07) is -0.119. The lowest BCUT2D eigenvalue weighted by atomic mass is 10.2. The summed E-state index contributed by atoms with van der Waals surface area (Å²) in [5, 5.41) is 2.22. The van der Waals surface area contributed by atoms with Crippen LogP contribution in [-0.2, 0) is 9.53 Å². The van der Waals surface area contributed by atoms with Crippen molar-refractivity contribution in [2.45, 2.75) is 26.3 Å². The highest BCUT2D eigenvalue weighted by molar-refractivity contribution is 7.78. The second-order valence-corrected chi connectivity index (χ2v) is 2.26. The number of hydrogen-bond donors (Lipinski definition) is 0. The third-order valence-electron chi connectivity index (χ3n) is 1.04. The van der Waals surface area contributed by atoms with E-state index < -0.39 is 0 Å². The first-order chi connectivity index (χ1) is 5.20. The Morgan fingerprint density at radius 2 is 2.45 bits per heavy atom. The summed E-state index contributed by atoms with van der Waals surface area (Å²) in [5.41, 5.74) is 0. The van der Waals surface area contributed by atoms with Gasteiger partial charge in [0.1, 0.15) is 0 Å². The Kier molecular flexibility index (Phi) is 5.61. The number of carbonyl (C=O) groups is 1. The van der Waals surface area contributed by atoms with Gasteiger partial charge < -0.3 is 4.74 Å². The van der Waals surface area contributed by atoms with Crippen molar-refractivity contribution in [3.63, 3.8) is 0 Å². The summed E-state index contributed by atoms with van der Waals surface area (Å²) in [6.07, 6.45) is 0.275. The van der Waals surface area contributed by atoms with Crippen molar-refractivity contribution in [2.75, 3.05) is 6.61 Å². The van der Waals surface area contributed by atoms with Crippen molar-refractivity contribution in [3.8, 4) is 0 Å². The van der Waals surface area contributed by atoms with Gasteiger partial charge in [-0.15, -0.1) is 0 Å². The van der Waals surface area contributed by atoms with E-state index in [1.807, 2.05) is 0 Å². The molecule has 0 aliphatic carbocycles. The van der Waals surface area contributed by atoms with E-state index in [2.05, 4.69) is 22.4 Å². The highest BCUT2D eigenvalue weighted by atomic mass is 32.1. The number of ether oxygens (including phenoxy) is 1. The van der Waals surface area contributed by atoms with Crippen LogP contribution in [0.5, 0.6) is 0 Å². The minimum Gasteiger partial charge on any atom is -0.466 e. The zero-order valence-electron chi connectivity index (χ0n) is 6.66. The highest BCUT2D eigenvalue weighted by Gasteiger charge is 2.06. The van der Waals surface area contributed by atoms with Gasteiger partial charge >= 0.3 is 5.97 Å². The quantitative estimate of drug-likeness (QED) is 0.367. The lowest BCUT2D eigenvalue weighted by molar-refractivity contribution is -0.143. The van der Waals surface area contributed by atoms with Crippen LogP contribution in [0.4, 0.5) is 0 Å². The SMILES string of the molecule is CCOC(=O)C[C@@H](C)N=C=S. The van der Waals surface area contributed by atoms with Gasteiger partial charge in [0.15, 0.2) is 0 Å². The van der Waals surface area contributed by atoms with Gasteiger partial charge in [0, 0.05) is 0 Å². The van der Waals surface area contributed by atoms with E-state index in [0.717, 1.165) is 0 Å². The number of rotatable bonds is 4. The van der Waals surface area contributed by atoms with Crippen molar-refractivity contribution in [1.82, 2.24) is 0 Å². The third-order valence-corrected chi connectivity index (χ3v) is 1.15. The number of hydrogen-bond acceptors (Lipinski definition) is 4. The summed E-state index contributed by atoms with van der Waals surface area (Å²) < 4.78 is 4.70. The average molecular weight is 173 g/mol. The number of carbonyl (C=O) groups excluding carboxylic acids is 1. The number of thiocarbonyl (C=S) groups is 1. The van der Waals surface area contributed by atoms with E-state index in [1.54, 1.807) is 13.8 Å². The summed E-state index contributed by atoms with van der Waals surface area (Å²) in [5.74, 6) is -0.242. The van der Waals surface area contributed by atoms with Crippen molar-refractivity contribution in [3.05, 3.63) is 0 Å². The van der Waals surface area contributed by atoms with Crippen LogP contribution in [0, 0.1) is 0 Å². The van der Waals surface area contributed by atoms with Crippen LogP contribution in [0.15, 0.2) is 4.99 Å². The molecule has 0 aromatic carbocycles. The fourth-order valence-electron chi connectivity index (χ4n) is 0.597. The summed E-state index contributed by atoms with van der Waals surface area (Å²) in [6.45, 7) is 3.97. The van der Waals surface area contributed by atoms with Crippen molar-refractivity contribution >= 4 is 23.3 Å². The van der Waals surface area contributed by atoms with Crippen molar-refractivity contribution < 1.29 is 9.53 Å². The predicted molar refractivity (Wildman–Crippen MR) is 45.7 cm³/mol. The zero-order chi connectivity index (χ0) is 8.69. The molecule has 0 aliphatic heterocycles. The molecule has 11 heavy (non-hydrogen) atoms. The van der Waals surface area contributed by atoms with E-state index in [4.69, 9.17) is 4.74 Å². The summed E-state index contributed by atoms with van der Waals surface area (Å²) in [4.78, 5) is 14.5. The van der Waals surface area contributed by atoms with Gasteiger partial charge in [-0.2, -0.15) is 0 Å². The molecular weight excluding hydrogens is 162 g/mol. The molecule has 0 saturated heterocycles. The molecule has 3 nitrogen and oxygen atoms in total. The Balaban J connectivity index is 3.65. The Bertz CT molecular complexity index is 175. The lowest BCUT2D eigenvalue weighted by Crippen LogP contribution is -2.11. The largest absolute Gasteiger partial charge is 0.466 e. The maximum atomic E-state index is 10.8. The van der Waals surface area contributed by atoms with Gasteiger partial charge in [-0.3, -0.25) is 4.79 Å². The van der Waals surface area contributed by atoms with Gasteiger partial charge in [0.2, 0.25) is 0 Å². The molecule has 0 amide bonds. The molecule has 0 heterocycles. The van der Waals surface area contributed by atoms with E-state index >= 15 is 0 Å². The molecule has 1 atom stereocenters. The van der Waals surface area contributed by atoms with Crippen LogP contribution < -0.4 is 0 Å². The van der Waals surface area contributed by atoms with Gasteiger partial charge in [-0.1, -0.05) is 0 Å². The first kappa shape index (κ1) is 10.3. The van der Waals surface area contributed by atoms with Crippen LogP contribution in [-0.4, -0.2) is 23.8 Å². The van der Waals surface area contributed by atoms with E-state index in [9.17, 15) is 4.79 Å². The molecular formula is C7H11NO2S. The fraction of sp³-hybridized carbons (Fsp3) is 0.714. The average Bonchev–Trinajstić information content (AvgIpc) is 1.87. The number of aliphatic imine (C=N–C) groups is 1. The number of esters is 1. The zero-order valence-corrected chi connectivity index (χ0v) is 7.48.